The van der Waals surface area contributed by atoms with Crippen LogP contribution in [0.2, 0.25) is 0 Å². The third-order valence-corrected chi connectivity index (χ3v) is 4.30. The standard InChI is InChI=1S/C17H24N2O4/c1-19(15-7-8-23-11-14(15)18)17(22)13(10-16(20)21)9-12-5-3-2-4-6-12/h2-6,13-15H,7-11,18H2,1H3,(H,20,21)/t13-,14-,15-/m1/s1. The monoisotopic (exact) mass is 320 g/mol. The lowest BCUT2D eigenvalue weighted by Gasteiger charge is -2.37. The van der Waals surface area contributed by atoms with Gasteiger partial charge in [0, 0.05) is 19.7 Å². The van der Waals surface area contributed by atoms with Gasteiger partial charge in [-0.25, -0.2) is 0 Å². The average Bonchev–Trinajstić information content (AvgIpc) is 2.54. The van der Waals surface area contributed by atoms with E-state index < -0.39 is 11.9 Å². The molecule has 6 heteroatoms. The number of rotatable bonds is 6. The van der Waals surface area contributed by atoms with Gasteiger partial charge in [-0.15, -0.1) is 0 Å². The molecule has 1 heterocycles. The third kappa shape index (κ3) is 4.77. The van der Waals surface area contributed by atoms with Gasteiger partial charge < -0.3 is 20.5 Å². The van der Waals surface area contributed by atoms with E-state index in [0.717, 1.165) is 5.56 Å². The first-order valence-corrected chi connectivity index (χ1v) is 7.84. The van der Waals surface area contributed by atoms with Crippen LogP contribution in [-0.4, -0.2) is 54.2 Å². The Hall–Kier alpha value is -1.92. The zero-order valence-corrected chi connectivity index (χ0v) is 13.4. The summed E-state index contributed by atoms with van der Waals surface area (Å²) >= 11 is 0. The van der Waals surface area contributed by atoms with Gasteiger partial charge in [-0.1, -0.05) is 30.3 Å². The number of ether oxygens (including phenoxy) is 1. The maximum atomic E-state index is 12.8. The van der Waals surface area contributed by atoms with Crippen LogP contribution in [0.15, 0.2) is 30.3 Å². The van der Waals surface area contributed by atoms with Gasteiger partial charge in [-0.05, 0) is 18.4 Å². The number of likely N-dealkylation sites (N-methyl/N-ethyl adjacent to an activating group) is 1. The Morgan fingerprint density at radius 1 is 1.39 bits per heavy atom. The first kappa shape index (κ1) is 17.4. The fraction of sp³-hybridized carbons (Fsp3) is 0.529. The highest BCUT2D eigenvalue weighted by Crippen LogP contribution is 2.20. The Morgan fingerprint density at radius 2 is 2.09 bits per heavy atom. The van der Waals surface area contributed by atoms with Crippen LogP contribution in [0.5, 0.6) is 0 Å². The van der Waals surface area contributed by atoms with E-state index in [0.29, 0.717) is 26.1 Å². The van der Waals surface area contributed by atoms with Crippen LogP contribution in [-0.2, 0) is 20.7 Å². The summed E-state index contributed by atoms with van der Waals surface area (Å²) in [4.78, 5) is 25.6. The van der Waals surface area contributed by atoms with E-state index in [2.05, 4.69) is 0 Å². The summed E-state index contributed by atoms with van der Waals surface area (Å²) < 4.78 is 5.31. The van der Waals surface area contributed by atoms with E-state index in [1.54, 1.807) is 11.9 Å². The molecule has 1 fully saturated rings. The Labute approximate surface area is 136 Å². The molecular formula is C17H24N2O4. The second-order valence-electron chi connectivity index (χ2n) is 6.03. The molecule has 1 saturated heterocycles. The second kappa shape index (κ2) is 8.08. The molecule has 1 aliphatic rings. The van der Waals surface area contributed by atoms with Crippen LogP contribution in [0.3, 0.4) is 0 Å². The molecule has 23 heavy (non-hydrogen) atoms. The van der Waals surface area contributed by atoms with Gasteiger partial charge in [0.25, 0.3) is 0 Å². The molecule has 1 aliphatic heterocycles. The third-order valence-electron chi connectivity index (χ3n) is 4.30. The molecule has 0 spiro atoms. The van der Waals surface area contributed by atoms with Crippen molar-refractivity contribution >= 4 is 11.9 Å². The van der Waals surface area contributed by atoms with Crippen molar-refractivity contribution in [1.82, 2.24) is 4.90 Å². The number of nitrogens with two attached hydrogens (primary N) is 1. The number of carboxylic acid groups (broad SMARTS) is 1. The fourth-order valence-electron chi connectivity index (χ4n) is 3.04. The fourth-order valence-corrected chi connectivity index (χ4v) is 3.04. The number of carbonyl (C=O) groups is 2. The molecule has 0 aromatic heterocycles. The number of carboxylic acids is 1. The van der Waals surface area contributed by atoms with Gasteiger partial charge in [0.05, 0.1) is 25.0 Å². The largest absolute Gasteiger partial charge is 0.481 e. The summed E-state index contributed by atoms with van der Waals surface area (Å²) in [6.45, 7) is 0.989. The number of hydrogen-bond donors (Lipinski definition) is 2. The summed E-state index contributed by atoms with van der Waals surface area (Å²) in [5, 5.41) is 9.14. The number of hydrogen-bond acceptors (Lipinski definition) is 4. The predicted molar refractivity (Wildman–Crippen MR) is 85.9 cm³/mol. The van der Waals surface area contributed by atoms with Crippen LogP contribution in [0, 0.1) is 5.92 Å². The van der Waals surface area contributed by atoms with E-state index in [4.69, 9.17) is 15.6 Å². The van der Waals surface area contributed by atoms with Crippen molar-refractivity contribution < 1.29 is 19.4 Å². The Morgan fingerprint density at radius 3 is 2.70 bits per heavy atom. The van der Waals surface area contributed by atoms with Gasteiger partial charge in [0.2, 0.25) is 5.91 Å². The number of benzene rings is 1. The average molecular weight is 320 g/mol. The van der Waals surface area contributed by atoms with Crippen molar-refractivity contribution in [1.29, 1.82) is 0 Å². The minimum absolute atomic E-state index is 0.108. The van der Waals surface area contributed by atoms with Gasteiger partial charge in [-0.3, -0.25) is 9.59 Å². The predicted octanol–water partition coefficient (Wildman–Crippen LogP) is 0.895. The van der Waals surface area contributed by atoms with Crippen molar-refractivity contribution in [2.24, 2.45) is 11.7 Å². The highest BCUT2D eigenvalue weighted by molar-refractivity contribution is 5.83. The maximum absolute atomic E-state index is 12.8. The zero-order chi connectivity index (χ0) is 16.8. The quantitative estimate of drug-likeness (QED) is 0.812. The van der Waals surface area contributed by atoms with Gasteiger partial charge in [0.15, 0.2) is 0 Å². The molecule has 0 saturated carbocycles. The minimum Gasteiger partial charge on any atom is -0.481 e. The van der Waals surface area contributed by atoms with Gasteiger partial charge in [-0.2, -0.15) is 0 Å². The van der Waals surface area contributed by atoms with Crippen LogP contribution in [0.25, 0.3) is 0 Å². The van der Waals surface area contributed by atoms with Crippen molar-refractivity contribution in [3.8, 4) is 0 Å². The topological polar surface area (TPSA) is 92.9 Å². The molecule has 3 N–H and O–H groups in total. The number of amides is 1. The summed E-state index contributed by atoms with van der Waals surface area (Å²) in [6, 6.07) is 9.13. The van der Waals surface area contributed by atoms with E-state index in [9.17, 15) is 9.59 Å². The highest BCUT2D eigenvalue weighted by Gasteiger charge is 2.33. The second-order valence-corrected chi connectivity index (χ2v) is 6.03. The normalized spacial score (nSPS) is 22.3. The molecule has 0 radical (unpaired) electrons. The molecule has 0 unspecified atom stereocenters. The molecule has 1 aromatic rings. The van der Waals surface area contributed by atoms with E-state index in [-0.39, 0.29) is 24.4 Å². The lowest BCUT2D eigenvalue weighted by atomic mass is 9.93. The molecule has 126 valence electrons. The lowest BCUT2D eigenvalue weighted by molar-refractivity contribution is -0.146. The van der Waals surface area contributed by atoms with E-state index >= 15 is 0 Å². The summed E-state index contributed by atoms with van der Waals surface area (Å²) in [5.74, 6) is -1.72. The van der Waals surface area contributed by atoms with Crippen LogP contribution in [0.1, 0.15) is 18.4 Å². The molecule has 1 aromatic carbocycles. The first-order chi connectivity index (χ1) is 11.0. The minimum atomic E-state index is -0.969. The van der Waals surface area contributed by atoms with Crippen molar-refractivity contribution in [2.45, 2.75) is 31.3 Å². The summed E-state index contributed by atoms with van der Waals surface area (Å²) in [7, 11) is 1.71. The SMILES string of the molecule is CN(C(=O)[C@@H](CC(=O)O)Cc1ccccc1)[C@@H]1CCOC[C@H]1N. The Kier molecular flexibility index (Phi) is 6.12. The van der Waals surface area contributed by atoms with Crippen molar-refractivity contribution in [3.63, 3.8) is 0 Å². The summed E-state index contributed by atoms with van der Waals surface area (Å²) in [6.07, 6.45) is 0.903. The first-order valence-electron chi connectivity index (χ1n) is 7.84. The Balaban J connectivity index is 2.10. The molecule has 0 bridgehead atoms. The number of aliphatic carboxylic acids is 1. The molecule has 6 nitrogen and oxygen atoms in total. The molecule has 2 rings (SSSR count). The van der Waals surface area contributed by atoms with Crippen LogP contribution >= 0.6 is 0 Å². The lowest BCUT2D eigenvalue weighted by Crippen LogP contribution is -2.55. The molecule has 1 amide bonds. The number of nitrogens with zero attached hydrogens (tertiary/aromatic N) is 1. The van der Waals surface area contributed by atoms with Crippen LogP contribution in [0.4, 0.5) is 0 Å². The smallest absolute Gasteiger partial charge is 0.304 e. The summed E-state index contributed by atoms with van der Waals surface area (Å²) in [5.41, 5.74) is 6.99. The maximum Gasteiger partial charge on any atom is 0.304 e. The van der Waals surface area contributed by atoms with E-state index in [1.807, 2.05) is 30.3 Å². The number of carbonyl (C=O) groups excluding carboxylic acids is 1. The van der Waals surface area contributed by atoms with Crippen molar-refractivity contribution in [3.05, 3.63) is 35.9 Å². The van der Waals surface area contributed by atoms with Gasteiger partial charge >= 0.3 is 5.97 Å². The van der Waals surface area contributed by atoms with Crippen LogP contribution < -0.4 is 5.73 Å². The molecular weight excluding hydrogens is 296 g/mol. The molecule has 3 atom stereocenters. The van der Waals surface area contributed by atoms with Gasteiger partial charge in [0.1, 0.15) is 0 Å². The molecule has 0 aliphatic carbocycles. The van der Waals surface area contributed by atoms with Crippen molar-refractivity contribution in [2.75, 3.05) is 20.3 Å². The highest BCUT2D eigenvalue weighted by atomic mass is 16.5. The zero-order valence-electron chi connectivity index (χ0n) is 13.4. The van der Waals surface area contributed by atoms with E-state index in [1.165, 1.54) is 0 Å². The Bertz CT molecular complexity index is 535.